The minimum Gasteiger partial charge on any atom is -0.497 e. The second kappa shape index (κ2) is 7.97. The molecule has 0 radical (unpaired) electrons. The van der Waals surface area contributed by atoms with Crippen LogP contribution in [-0.4, -0.2) is 24.0 Å². The molecule has 0 saturated heterocycles. The maximum Gasteiger partial charge on any atom is 0.226 e. The largest absolute Gasteiger partial charge is 0.497 e. The number of anilines is 1. The highest BCUT2D eigenvalue weighted by Crippen LogP contribution is 2.33. The van der Waals surface area contributed by atoms with Crippen molar-refractivity contribution in [3.63, 3.8) is 0 Å². The van der Waals surface area contributed by atoms with Gasteiger partial charge in [-0.05, 0) is 49.4 Å². The lowest BCUT2D eigenvalue weighted by atomic mass is 10.00. The first-order valence-electron chi connectivity index (χ1n) is 8.80. The lowest BCUT2D eigenvalue weighted by Gasteiger charge is -2.13. The Balaban J connectivity index is 1.72. The molecule has 0 spiro atoms. The second-order valence-electron chi connectivity index (χ2n) is 6.48. The molecule has 25 heavy (non-hydrogen) atoms. The summed E-state index contributed by atoms with van der Waals surface area (Å²) in [5.41, 5.74) is 8.03. The van der Waals surface area contributed by atoms with Crippen LogP contribution in [-0.2, 0) is 11.2 Å². The van der Waals surface area contributed by atoms with Crippen LogP contribution < -0.4 is 15.8 Å². The number of benzene rings is 1. The van der Waals surface area contributed by atoms with Crippen LogP contribution in [0.3, 0.4) is 0 Å². The van der Waals surface area contributed by atoms with E-state index in [2.05, 4.69) is 17.2 Å². The monoisotopic (exact) mass is 359 g/mol. The summed E-state index contributed by atoms with van der Waals surface area (Å²) in [6.07, 6.45) is 4.56. The number of thiazole rings is 1. The molecule has 2 aromatic rings. The Kier molecular flexibility index (Phi) is 5.71. The van der Waals surface area contributed by atoms with Gasteiger partial charge >= 0.3 is 0 Å². The van der Waals surface area contributed by atoms with Crippen molar-refractivity contribution >= 4 is 22.4 Å². The van der Waals surface area contributed by atoms with Crippen molar-refractivity contribution in [2.75, 3.05) is 12.4 Å². The summed E-state index contributed by atoms with van der Waals surface area (Å²) >= 11 is 1.55. The molecule has 1 saturated carbocycles. The van der Waals surface area contributed by atoms with E-state index in [-0.39, 0.29) is 11.9 Å². The maximum absolute atomic E-state index is 12.3. The van der Waals surface area contributed by atoms with E-state index in [1.54, 1.807) is 18.4 Å². The zero-order chi connectivity index (χ0) is 17.8. The van der Waals surface area contributed by atoms with E-state index in [1.165, 1.54) is 0 Å². The normalized spacial score (nSPS) is 19.8. The number of ether oxygens (including phenoxy) is 1. The van der Waals surface area contributed by atoms with E-state index in [0.29, 0.717) is 17.5 Å². The highest BCUT2D eigenvalue weighted by molar-refractivity contribution is 7.16. The van der Waals surface area contributed by atoms with Crippen molar-refractivity contribution in [1.82, 2.24) is 4.98 Å². The molecule has 0 unspecified atom stereocenters. The smallest absolute Gasteiger partial charge is 0.226 e. The average molecular weight is 359 g/mol. The van der Waals surface area contributed by atoms with Gasteiger partial charge in [-0.25, -0.2) is 4.98 Å². The molecule has 2 atom stereocenters. The number of carbonyl (C=O) groups excluding carboxylic acids is 1. The number of carbonyl (C=O) groups is 1. The molecule has 1 heterocycles. The number of amides is 1. The number of hydrogen-bond donors (Lipinski definition) is 2. The minimum absolute atomic E-state index is 0.0139. The molecule has 0 aliphatic heterocycles. The van der Waals surface area contributed by atoms with E-state index < -0.39 is 0 Å². The fraction of sp³-hybridized carbons (Fsp3) is 0.474. The van der Waals surface area contributed by atoms with Gasteiger partial charge in [-0.1, -0.05) is 13.3 Å². The van der Waals surface area contributed by atoms with Crippen LogP contribution in [0.15, 0.2) is 24.3 Å². The van der Waals surface area contributed by atoms with E-state index in [1.807, 2.05) is 24.3 Å². The van der Waals surface area contributed by atoms with Gasteiger partial charge in [-0.3, -0.25) is 4.79 Å². The highest BCUT2D eigenvalue weighted by atomic mass is 32.1. The third-order valence-corrected chi connectivity index (χ3v) is 5.91. The molecule has 3 rings (SSSR count). The summed E-state index contributed by atoms with van der Waals surface area (Å²) in [4.78, 5) is 18.1. The number of aryl methyl sites for hydroxylation is 1. The van der Waals surface area contributed by atoms with Gasteiger partial charge in [0.2, 0.25) is 5.91 Å². The van der Waals surface area contributed by atoms with Crippen LogP contribution in [0.5, 0.6) is 5.75 Å². The fourth-order valence-electron chi connectivity index (χ4n) is 3.35. The van der Waals surface area contributed by atoms with Gasteiger partial charge in [0.05, 0.1) is 12.8 Å². The number of rotatable bonds is 6. The van der Waals surface area contributed by atoms with Crippen molar-refractivity contribution in [2.45, 2.75) is 45.1 Å². The Morgan fingerprint density at radius 1 is 1.36 bits per heavy atom. The van der Waals surface area contributed by atoms with Gasteiger partial charge in [0, 0.05) is 22.9 Å². The lowest BCUT2D eigenvalue weighted by Crippen LogP contribution is -2.28. The SMILES string of the molecule is CCc1sc(NC(=O)C[C@@H]2CCC[C@H]2N)nc1-c1ccc(OC)cc1. The number of nitrogens with two attached hydrogens (primary N) is 1. The molecule has 6 heteroatoms. The van der Waals surface area contributed by atoms with E-state index in [9.17, 15) is 4.79 Å². The third-order valence-electron chi connectivity index (χ3n) is 4.79. The number of aromatic nitrogens is 1. The maximum atomic E-state index is 12.3. The topological polar surface area (TPSA) is 77.2 Å². The number of methoxy groups -OCH3 is 1. The Morgan fingerprint density at radius 3 is 2.72 bits per heavy atom. The van der Waals surface area contributed by atoms with Crippen molar-refractivity contribution in [3.05, 3.63) is 29.1 Å². The van der Waals surface area contributed by atoms with E-state index in [4.69, 9.17) is 10.5 Å². The van der Waals surface area contributed by atoms with Crippen LogP contribution in [0.4, 0.5) is 5.13 Å². The Morgan fingerprint density at radius 2 is 2.12 bits per heavy atom. The summed E-state index contributed by atoms with van der Waals surface area (Å²) in [5.74, 6) is 1.13. The van der Waals surface area contributed by atoms with Gasteiger partial charge in [0.1, 0.15) is 5.75 Å². The first kappa shape index (κ1) is 17.9. The predicted octanol–water partition coefficient (Wildman–Crippen LogP) is 3.84. The van der Waals surface area contributed by atoms with Crippen LogP contribution in [0.2, 0.25) is 0 Å². The molecule has 5 nitrogen and oxygen atoms in total. The van der Waals surface area contributed by atoms with Gasteiger partial charge in [-0.15, -0.1) is 11.3 Å². The lowest BCUT2D eigenvalue weighted by molar-refractivity contribution is -0.117. The Bertz CT molecular complexity index is 727. The molecular formula is C19H25N3O2S. The van der Waals surface area contributed by atoms with Crippen LogP contribution in [0, 0.1) is 5.92 Å². The summed E-state index contributed by atoms with van der Waals surface area (Å²) in [7, 11) is 1.65. The Labute approximate surface area is 152 Å². The molecule has 1 aliphatic carbocycles. The predicted molar refractivity (Wildman–Crippen MR) is 102 cm³/mol. The third kappa shape index (κ3) is 4.19. The van der Waals surface area contributed by atoms with Crippen molar-refractivity contribution in [1.29, 1.82) is 0 Å². The quantitative estimate of drug-likeness (QED) is 0.821. The zero-order valence-corrected chi connectivity index (χ0v) is 15.6. The van der Waals surface area contributed by atoms with Crippen LogP contribution >= 0.6 is 11.3 Å². The Hall–Kier alpha value is -1.92. The van der Waals surface area contributed by atoms with Crippen molar-refractivity contribution < 1.29 is 9.53 Å². The molecule has 1 aromatic carbocycles. The number of nitrogens with one attached hydrogen (secondary N) is 1. The molecule has 3 N–H and O–H groups in total. The van der Waals surface area contributed by atoms with E-state index >= 15 is 0 Å². The minimum atomic E-state index is 0.0139. The number of nitrogens with zero attached hydrogens (tertiary/aromatic N) is 1. The molecule has 1 amide bonds. The zero-order valence-electron chi connectivity index (χ0n) is 14.7. The van der Waals surface area contributed by atoms with Crippen LogP contribution in [0.1, 0.15) is 37.5 Å². The molecule has 1 aromatic heterocycles. The molecule has 1 fully saturated rings. The van der Waals surface area contributed by atoms with Crippen LogP contribution in [0.25, 0.3) is 11.3 Å². The summed E-state index contributed by atoms with van der Waals surface area (Å²) in [5, 5.41) is 3.63. The first-order valence-corrected chi connectivity index (χ1v) is 9.62. The van der Waals surface area contributed by atoms with Crippen molar-refractivity contribution in [2.24, 2.45) is 11.7 Å². The average Bonchev–Trinajstić information content (AvgIpc) is 3.21. The van der Waals surface area contributed by atoms with Gasteiger partial charge in [-0.2, -0.15) is 0 Å². The van der Waals surface area contributed by atoms with Gasteiger partial charge in [0.25, 0.3) is 0 Å². The fourth-order valence-corrected chi connectivity index (χ4v) is 4.29. The standard InChI is InChI=1S/C19H25N3O2S/c1-3-16-18(12-7-9-14(24-2)10-8-12)22-19(25-16)21-17(23)11-13-5-4-6-15(13)20/h7-10,13,15H,3-6,11,20H2,1-2H3,(H,21,22,23)/t13-,15+/m0/s1. The summed E-state index contributed by atoms with van der Waals surface area (Å²) < 4.78 is 5.21. The van der Waals surface area contributed by atoms with E-state index in [0.717, 1.165) is 47.6 Å². The van der Waals surface area contributed by atoms with Gasteiger partial charge in [0.15, 0.2) is 5.13 Å². The second-order valence-corrected chi connectivity index (χ2v) is 7.56. The number of hydrogen-bond acceptors (Lipinski definition) is 5. The van der Waals surface area contributed by atoms with Gasteiger partial charge < -0.3 is 15.8 Å². The highest BCUT2D eigenvalue weighted by Gasteiger charge is 2.26. The van der Waals surface area contributed by atoms with Crippen molar-refractivity contribution in [3.8, 4) is 17.0 Å². The summed E-state index contributed by atoms with van der Waals surface area (Å²) in [6, 6.07) is 8.00. The first-order chi connectivity index (χ1) is 12.1. The molecule has 0 bridgehead atoms. The molecular weight excluding hydrogens is 334 g/mol. The molecule has 1 aliphatic rings. The molecule has 134 valence electrons. The summed E-state index contributed by atoms with van der Waals surface area (Å²) in [6.45, 7) is 2.10.